The van der Waals surface area contributed by atoms with Crippen LogP contribution in [0.5, 0.6) is 11.6 Å². The average molecular weight is 374 g/mol. The molecule has 1 heterocycles. The molecule has 2 N–H and O–H groups in total. The number of halogens is 2. The maximum atomic E-state index is 11.7. The summed E-state index contributed by atoms with van der Waals surface area (Å²) >= 11 is 0. The van der Waals surface area contributed by atoms with Crippen LogP contribution in [-0.4, -0.2) is 37.7 Å². The zero-order valence-corrected chi connectivity index (χ0v) is 14.9. The van der Waals surface area contributed by atoms with Gasteiger partial charge in [-0.1, -0.05) is 18.2 Å². The van der Waals surface area contributed by atoms with Crippen molar-refractivity contribution in [1.29, 1.82) is 0 Å². The molecule has 2 aromatic rings. The van der Waals surface area contributed by atoms with Gasteiger partial charge in [-0.05, 0) is 18.2 Å². The molecule has 2 rings (SSSR count). The lowest BCUT2D eigenvalue weighted by Gasteiger charge is -2.08. The molecule has 0 spiro atoms. The molecule has 0 atom stereocenters. The van der Waals surface area contributed by atoms with Crippen molar-refractivity contribution in [2.45, 2.75) is 0 Å². The van der Waals surface area contributed by atoms with E-state index in [2.05, 4.69) is 15.6 Å². The average Bonchev–Trinajstić information content (AvgIpc) is 2.54. The van der Waals surface area contributed by atoms with Gasteiger partial charge in [0.1, 0.15) is 5.75 Å². The Balaban J connectivity index is 0.00000264. The molecule has 0 saturated heterocycles. The molecule has 0 aliphatic rings. The van der Waals surface area contributed by atoms with Crippen molar-refractivity contribution in [2.24, 2.45) is 0 Å². The second kappa shape index (κ2) is 12.5. The largest absolute Gasteiger partial charge is 0.439 e. The molecule has 0 aliphatic heterocycles. The second-order valence-electron chi connectivity index (χ2n) is 4.52. The van der Waals surface area contributed by atoms with Crippen LogP contribution in [0.25, 0.3) is 0 Å². The molecule has 6 nitrogen and oxygen atoms in total. The summed E-state index contributed by atoms with van der Waals surface area (Å²) in [6.07, 6.45) is 1.56. The Kier molecular flexibility index (Phi) is 11.6. The summed E-state index contributed by atoms with van der Waals surface area (Å²) in [4.78, 5) is 15.8. The van der Waals surface area contributed by atoms with Crippen LogP contribution in [0.15, 0.2) is 48.7 Å². The number of aromatic nitrogens is 1. The van der Waals surface area contributed by atoms with E-state index in [4.69, 9.17) is 9.47 Å². The quantitative estimate of drug-likeness (QED) is 0.696. The Hall–Kier alpha value is -1.86. The van der Waals surface area contributed by atoms with Gasteiger partial charge in [-0.3, -0.25) is 4.79 Å². The van der Waals surface area contributed by atoms with Crippen LogP contribution in [0, 0.1) is 0 Å². The number of para-hydroxylation sites is 1. The van der Waals surface area contributed by atoms with E-state index >= 15 is 0 Å². The van der Waals surface area contributed by atoms with E-state index in [1.54, 1.807) is 25.4 Å². The molecular formula is C16H21Cl2N3O3. The zero-order chi connectivity index (χ0) is 15.6. The van der Waals surface area contributed by atoms with Crippen molar-refractivity contribution in [1.82, 2.24) is 10.3 Å². The van der Waals surface area contributed by atoms with Crippen LogP contribution in [0.3, 0.4) is 0 Å². The normalized spacial score (nSPS) is 9.38. The summed E-state index contributed by atoms with van der Waals surface area (Å²) < 4.78 is 10.5. The van der Waals surface area contributed by atoms with E-state index in [0.29, 0.717) is 30.5 Å². The molecule has 8 heteroatoms. The molecule has 0 saturated carbocycles. The third-order valence-corrected chi connectivity index (χ3v) is 2.75. The fraction of sp³-hybridized carbons (Fsp3) is 0.250. The first-order valence-corrected chi connectivity index (χ1v) is 6.96. The van der Waals surface area contributed by atoms with E-state index < -0.39 is 0 Å². The second-order valence-corrected chi connectivity index (χ2v) is 4.52. The van der Waals surface area contributed by atoms with Crippen LogP contribution in [0.1, 0.15) is 0 Å². The highest BCUT2D eigenvalue weighted by atomic mass is 35.5. The van der Waals surface area contributed by atoms with Gasteiger partial charge in [0.25, 0.3) is 0 Å². The number of anilines is 1. The number of nitrogens with zero attached hydrogens (tertiary/aromatic N) is 1. The molecule has 0 bridgehead atoms. The Morgan fingerprint density at radius 2 is 1.88 bits per heavy atom. The van der Waals surface area contributed by atoms with Gasteiger partial charge in [0.2, 0.25) is 11.8 Å². The van der Waals surface area contributed by atoms with Crippen molar-refractivity contribution in [3.63, 3.8) is 0 Å². The molecule has 132 valence electrons. The van der Waals surface area contributed by atoms with Crippen molar-refractivity contribution >= 4 is 36.4 Å². The SMILES string of the molecule is COCCNCC(=O)Nc1ccc(Oc2ccccc2)nc1.Cl.Cl. The number of pyridine rings is 1. The molecule has 1 aromatic carbocycles. The maximum absolute atomic E-state index is 11.7. The van der Waals surface area contributed by atoms with E-state index in [-0.39, 0.29) is 37.3 Å². The number of carbonyl (C=O) groups is 1. The number of carbonyl (C=O) groups excluding carboxylic acids is 1. The fourth-order valence-corrected chi connectivity index (χ4v) is 1.71. The predicted molar refractivity (Wildman–Crippen MR) is 98.6 cm³/mol. The van der Waals surface area contributed by atoms with Gasteiger partial charge in [0, 0.05) is 19.7 Å². The van der Waals surface area contributed by atoms with Gasteiger partial charge in [0.15, 0.2) is 0 Å². The van der Waals surface area contributed by atoms with Gasteiger partial charge in [-0.2, -0.15) is 0 Å². The van der Waals surface area contributed by atoms with Crippen LogP contribution in [0.2, 0.25) is 0 Å². The number of hydrogen-bond acceptors (Lipinski definition) is 5. The van der Waals surface area contributed by atoms with Crippen LogP contribution >= 0.6 is 24.8 Å². The van der Waals surface area contributed by atoms with E-state index in [1.165, 1.54) is 0 Å². The molecule has 1 amide bonds. The van der Waals surface area contributed by atoms with E-state index in [9.17, 15) is 4.79 Å². The Labute approximate surface area is 153 Å². The van der Waals surface area contributed by atoms with Crippen LogP contribution in [0.4, 0.5) is 5.69 Å². The highest BCUT2D eigenvalue weighted by Crippen LogP contribution is 2.19. The van der Waals surface area contributed by atoms with Crippen LogP contribution < -0.4 is 15.4 Å². The maximum Gasteiger partial charge on any atom is 0.238 e. The molecular weight excluding hydrogens is 353 g/mol. The Bertz CT molecular complexity index is 583. The van der Waals surface area contributed by atoms with Gasteiger partial charge < -0.3 is 20.1 Å². The van der Waals surface area contributed by atoms with Crippen LogP contribution in [-0.2, 0) is 9.53 Å². The number of benzene rings is 1. The summed E-state index contributed by atoms with van der Waals surface area (Å²) in [7, 11) is 1.62. The monoisotopic (exact) mass is 373 g/mol. The first-order valence-electron chi connectivity index (χ1n) is 6.96. The number of methoxy groups -OCH3 is 1. The topological polar surface area (TPSA) is 72.5 Å². The Morgan fingerprint density at radius 3 is 2.50 bits per heavy atom. The molecule has 1 aromatic heterocycles. The minimum absolute atomic E-state index is 0. The third kappa shape index (κ3) is 8.12. The van der Waals surface area contributed by atoms with Crippen molar-refractivity contribution < 1.29 is 14.3 Å². The molecule has 0 radical (unpaired) electrons. The highest BCUT2D eigenvalue weighted by Gasteiger charge is 2.03. The van der Waals surface area contributed by atoms with Crippen molar-refractivity contribution in [3.8, 4) is 11.6 Å². The zero-order valence-electron chi connectivity index (χ0n) is 13.2. The smallest absolute Gasteiger partial charge is 0.238 e. The summed E-state index contributed by atoms with van der Waals surface area (Å²) in [6, 6.07) is 12.9. The number of amides is 1. The van der Waals surface area contributed by atoms with Gasteiger partial charge in [-0.25, -0.2) is 4.98 Å². The molecule has 0 aliphatic carbocycles. The Morgan fingerprint density at radius 1 is 1.12 bits per heavy atom. The van der Waals surface area contributed by atoms with Crippen molar-refractivity contribution in [2.75, 3.05) is 32.1 Å². The lowest BCUT2D eigenvalue weighted by Crippen LogP contribution is -2.30. The summed E-state index contributed by atoms with van der Waals surface area (Å²) in [5.41, 5.74) is 0.624. The predicted octanol–water partition coefficient (Wildman–Crippen LogP) is 2.89. The standard InChI is InChI=1S/C16H19N3O3.2ClH/c1-21-10-9-17-12-15(20)19-13-7-8-16(18-11-13)22-14-5-3-2-4-6-14;;/h2-8,11,17H,9-10,12H2,1H3,(H,19,20);2*1H. The fourth-order valence-electron chi connectivity index (χ4n) is 1.71. The number of hydrogen-bond donors (Lipinski definition) is 2. The lowest BCUT2D eigenvalue weighted by atomic mass is 10.3. The minimum Gasteiger partial charge on any atom is -0.439 e. The summed E-state index contributed by atoms with van der Waals surface area (Å²) in [5, 5.41) is 5.72. The lowest BCUT2D eigenvalue weighted by molar-refractivity contribution is -0.115. The first kappa shape index (κ1) is 22.1. The van der Waals surface area contributed by atoms with Gasteiger partial charge >= 0.3 is 0 Å². The van der Waals surface area contributed by atoms with E-state index in [0.717, 1.165) is 0 Å². The number of nitrogens with one attached hydrogen (secondary N) is 2. The molecule has 0 unspecified atom stereocenters. The van der Waals surface area contributed by atoms with Crippen molar-refractivity contribution in [3.05, 3.63) is 48.7 Å². The third-order valence-electron chi connectivity index (χ3n) is 2.75. The summed E-state index contributed by atoms with van der Waals surface area (Å²) in [6.45, 7) is 1.43. The van der Waals surface area contributed by atoms with Gasteiger partial charge in [0.05, 0.1) is 25.0 Å². The molecule has 24 heavy (non-hydrogen) atoms. The highest BCUT2D eigenvalue weighted by molar-refractivity contribution is 5.92. The summed E-state index contributed by atoms with van der Waals surface area (Å²) in [5.74, 6) is 1.06. The van der Waals surface area contributed by atoms with Gasteiger partial charge in [-0.15, -0.1) is 24.8 Å². The first-order chi connectivity index (χ1) is 10.8. The number of ether oxygens (including phenoxy) is 2. The minimum atomic E-state index is -0.130. The van der Waals surface area contributed by atoms with E-state index in [1.807, 2.05) is 30.3 Å². The molecule has 0 fully saturated rings. The number of rotatable bonds is 8.